The summed E-state index contributed by atoms with van der Waals surface area (Å²) in [4.78, 5) is 26.1. The topological polar surface area (TPSA) is 78.9 Å². The van der Waals surface area contributed by atoms with Crippen molar-refractivity contribution >= 4 is 12.0 Å². The molecule has 1 atom stereocenters. The Labute approximate surface area is 161 Å². The van der Waals surface area contributed by atoms with E-state index in [4.69, 9.17) is 4.74 Å². The van der Waals surface area contributed by atoms with Gasteiger partial charge in [-0.3, -0.25) is 4.79 Å². The maximum Gasteiger partial charge on any atom is 0.407 e. The third kappa shape index (κ3) is 6.15. The van der Waals surface area contributed by atoms with Crippen LogP contribution < -0.4 is 5.32 Å². The van der Waals surface area contributed by atoms with Crippen LogP contribution >= 0.6 is 0 Å². The number of rotatable bonds is 4. The van der Waals surface area contributed by atoms with Gasteiger partial charge in [0.1, 0.15) is 11.4 Å². The highest BCUT2D eigenvalue weighted by Gasteiger charge is 2.38. The second-order valence-electron chi connectivity index (χ2n) is 8.92. The quantitative estimate of drug-likeness (QED) is 0.841. The number of alkyl carbamates (subject to hydrolysis) is 1. The number of nitrogens with one attached hydrogen (secondary N) is 1. The zero-order chi connectivity index (χ0) is 20.2. The van der Waals surface area contributed by atoms with Crippen molar-refractivity contribution in [3.8, 4) is 5.75 Å². The van der Waals surface area contributed by atoms with Crippen LogP contribution in [0.2, 0.25) is 0 Å². The predicted octanol–water partition coefficient (Wildman–Crippen LogP) is 3.65. The standard InChI is InChI=1S/C21H32N2O4/c1-20(2,3)27-19(26)22-12-10-18(25)23-13-11-17(21(4,5)14-23)15-6-8-16(24)9-7-15/h6-9,17,24H,10-14H2,1-5H3,(H,22,26). The molecule has 2 rings (SSSR count). The van der Waals surface area contributed by atoms with Crippen LogP contribution in [-0.4, -0.2) is 47.2 Å². The number of ether oxygens (including phenoxy) is 1. The van der Waals surface area contributed by atoms with Crippen molar-refractivity contribution in [2.24, 2.45) is 5.41 Å². The van der Waals surface area contributed by atoms with Gasteiger partial charge in [-0.1, -0.05) is 26.0 Å². The maximum atomic E-state index is 12.5. The lowest BCUT2D eigenvalue weighted by Gasteiger charge is -2.44. The third-order valence-corrected chi connectivity index (χ3v) is 4.88. The summed E-state index contributed by atoms with van der Waals surface area (Å²) in [6.45, 7) is 11.4. The molecule has 1 aliphatic heterocycles. The first-order chi connectivity index (χ1) is 12.5. The molecular formula is C21H32N2O4. The molecule has 1 heterocycles. The van der Waals surface area contributed by atoms with E-state index in [-0.39, 0.29) is 30.0 Å². The molecule has 1 saturated heterocycles. The smallest absolute Gasteiger partial charge is 0.407 e. The third-order valence-electron chi connectivity index (χ3n) is 4.88. The Morgan fingerprint density at radius 1 is 1.26 bits per heavy atom. The Bertz CT molecular complexity index is 662. The summed E-state index contributed by atoms with van der Waals surface area (Å²) in [7, 11) is 0. The minimum atomic E-state index is -0.547. The predicted molar refractivity (Wildman–Crippen MR) is 105 cm³/mol. The summed E-state index contributed by atoms with van der Waals surface area (Å²) in [5, 5.41) is 12.1. The molecule has 1 aromatic carbocycles. The molecule has 6 nitrogen and oxygen atoms in total. The molecule has 1 unspecified atom stereocenters. The first-order valence-electron chi connectivity index (χ1n) is 9.51. The summed E-state index contributed by atoms with van der Waals surface area (Å²) in [5.74, 6) is 0.645. The normalized spacial score (nSPS) is 19.4. The van der Waals surface area contributed by atoms with E-state index < -0.39 is 11.7 Å². The van der Waals surface area contributed by atoms with Crippen molar-refractivity contribution in [3.05, 3.63) is 29.8 Å². The van der Waals surface area contributed by atoms with Crippen molar-refractivity contribution in [2.75, 3.05) is 19.6 Å². The number of likely N-dealkylation sites (tertiary alicyclic amines) is 1. The van der Waals surface area contributed by atoms with E-state index >= 15 is 0 Å². The van der Waals surface area contributed by atoms with E-state index in [0.717, 1.165) is 6.42 Å². The van der Waals surface area contributed by atoms with Crippen molar-refractivity contribution in [1.29, 1.82) is 0 Å². The number of phenols is 1. The van der Waals surface area contributed by atoms with Gasteiger partial charge in [0, 0.05) is 26.1 Å². The van der Waals surface area contributed by atoms with Crippen molar-refractivity contribution in [2.45, 2.75) is 59.0 Å². The SMILES string of the molecule is CC(C)(C)OC(=O)NCCC(=O)N1CCC(c2ccc(O)cc2)C(C)(C)C1. The molecule has 1 aromatic rings. The fourth-order valence-corrected chi connectivity index (χ4v) is 3.64. The minimum Gasteiger partial charge on any atom is -0.508 e. The van der Waals surface area contributed by atoms with Gasteiger partial charge in [0.25, 0.3) is 0 Å². The van der Waals surface area contributed by atoms with Crippen molar-refractivity contribution in [1.82, 2.24) is 10.2 Å². The Morgan fingerprint density at radius 2 is 1.89 bits per heavy atom. The number of carbonyl (C=O) groups is 2. The van der Waals surface area contributed by atoms with E-state index in [1.165, 1.54) is 5.56 Å². The molecule has 0 aliphatic carbocycles. The number of carbonyl (C=O) groups excluding carboxylic acids is 2. The molecule has 1 aliphatic rings. The molecule has 2 amide bonds. The van der Waals surface area contributed by atoms with Gasteiger partial charge < -0.3 is 20.1 Å². The second-order valence-corrected chi connectivity index (χ2v) is 8.92. The molecular weight excluding hydrogens is 344 g/mol. The van der Waals surface area contributed by atoms with Crippen LogP contribution in [0.5, 0.6) is 5.75 Å². The summed E-state index contributed by atoms with van der Waals surface area (Å²) < 4.78 is 5.18. The number of hydrogen-bond acceptors (Lipinski definition) is 4. The molecule has 0 saturated carbocycles. The number of hydrogen-bond donors (Lipinski definition) is 2. The fraction of sp³-hybridized carbons (Fsp3) is 0.619. The molecule has 1 fully saturated rings. The summed E-state index contributed by atoms with van der Waals surface area (Å²) >= 11 is 0. The van der Waals surface area contributed by atoms with Gasteiger partial charge >= 0.3 is 6.09 Å². The van der Waals surface area contributed by atoms with E-state index in [2.05, 4.69) is 19.2 Å². The van der Waals surface area contributed by atoms with E-state index in [1.807, 2.05) is 17.0 Å². The Kier molecular flexibility index (Phi) is 6.39. The van der Waals surface area contributed by atoms with Crippen molar-refractivity contribution in [3.63, 3.8) is 0 Å². The Hall–Kier alpha value is -2.24. The second kappa shape index (κ2) is 8.19. The van der Waals surface area contributed by atoms with Crippen LogP contribution in [0.3, 0.4) is 0 Å². The highest BCUT2D eigenvalue weighted by atomic mass is 16.6. The fourth-order valence-electron chi connectivity index (χ4n) is 3.64. The van der Waals surface area contributed by atoms with Gasteiger partial charge in [0.2, 0.25) is 5.91 Å². The molecule has 0 radical (unpaired) electrons. The maximum absolute atomic E-state index is 12.5. The number of phenolic OH excluding ortho intramolecular Hbond substituents is 1. The molecule has 0 aromatic heterocycles. The van der Waals surface area contributed by atoms with Gasteiger partial charge in [0.15, 0.2) is 0 Å². The average Bonchev–Trinajstić information content (AvgIpc) is 2.53. The first-order valence-corrected chi connectivity index (χ1v) is 9.51. The highest BCUT2D eigenvalue weighted by Crippen LogP contribution is 2.42. The monoisotopic (exact) mass is 376 g/mol. The number of amides is 2. The molecule has 150 valence electrons. The largest absolute Gasteiger partial charge is 0.508 e. The van der Waals surface area contributed by atoms with Gasteiger partial charge in [-0.05, 0) is 56.2 Å². The number of benzene rings is 1. The molecule has 6 heteroatoms. The van der Waals surface area contributed by atoms with Gasteiger partial charge in [-0.25, -0.2) is 4.79 Å². The lowest BCUT2D eigenvalue weighted by molar-refractivity contribution is -0.134. The van der Waals surface area contributed by atoms with Crippen LogP contribution in [0, 0.1) is 5.41 Å². The van der Waals surface area contributed by atoms with Gasteiger partial charge in [0.05, 0.1) is 0 Å². The Morgan fingerprint density at radius 3 is 2.44 bits per heavy atom. The molecule has 0 spiro atoms. The van der Waals surface area contributed by atoms with Crippen molar-refractivity contribution < 1.29 is 19.4 Å². The van der Waals surface area contributed by atoms with Crippen LogP contribution in [0.15, 0.2) is 24.3 Å². The van der Waals surface area contributed by atoms with E-state index in [0.29, 0.717) is 19.0 Å². The lowest BCUT2D eigenvalue weighted by Crippen LogP contribution is -2.48. The van der Waals surface area contributed by atoms with Gasteiger partial charge in [-0.2, -0.15) is 0 Å². The van der Waals surface area contributed by atoms with Gasteiger partial charge in [-0.15, -0.1) is 0 Å². The zero-order valence-electron chi connectivity index (χ0n) is 17.0. The summed E-state index contributed by atoms with van der Waals surface area (Å²) in [6, 6.07) is 7.35. The number of nitrogens with zero attached hydrogens (tertiary/aromatic N) is 1. The Balaban J connectivity index is 1.86. The van der Waals surface area contributed by atoms with E-state index in [1.54, 1.807) is 32.9 Å². The molecule has 27 heavy (non-hydrogen) atoms. The lowest BCUT2D eigenvalue weighted by atomic mass is 9.70. The first kappa shape index (κ1) is 21.1. The minimum absolute atomic E-state index is 0.0447. The van der Waals surface area contributed by atoms with E-state index in [9.17, 15) is 14.7 Å². The number of piperidine rings is 1. The van der Waals surface area contributed by atoms with Crippen LogP contribution in [0.25, 0.3) is 0 Å². The summed E-state index contributed by atoms with van der Waals surface area (Å²) in [5.41, 5.74) is 0.578. The van der Waals surface area contributed by atoms with Crippen LogP contribution in [0.4, 0.5) is 4.79 Å². The molecule has 0 bridgehead atoms. The highest BCUT2D eigenvalue weighted by molar-refractivity contribution is 5.77. The van der Waals surface area contributed by atoms with Crippen LogP contribution in [-0.2, 0) is 9.53 Å². The summed E-state index contributed by atoms with van der Waals surface area (Å²) in [6.07, 6.45) is 0.643. The average molecular weight is 376 g/mol. The number of aromatic hydroxyl groups is 1. The molecule has 2 N–H and O–H groups in total. The zero-order valence-corrected chi connectivity index (χ0v) is 17.0. The van der Waals surface area contributed by atoms with Crippen LogP contribution in [0.1, 0.15) is 58.9 Å².